The quantitative estimate of drug-likeness (QED) is 0.683. The third-order valence-corrected chi connectivity index (χ3v) is 3.75. The minimum absolute atomic E-state index is 0.513. The molecule has 2 aliphatic carbocycles. The molecule has 2 fully saturated rings. The van der Waals surface area contributed by atoms with Crippen LogP contribution in [0.5, 0.6) is 0 Å². The monoisotopic (exact) mass is 178 g/mol. The Morgan fingerprint density at radius 2 is 2.08 bits per heavy atom. The Kier molecular flexibility index (Phi) is 1.37. The van der Waals surface area contributed by atoms with Gasteiger partial charge in [0.2, 0.25) is 0 Å². The summed E-state index contributed by atoms with van der Waals surface area (Å²) in [6.07, 6.45) is 8.53. The average molecular weight is 178 g/mol. The Morgan fingerprint density at radius 3 is 2.62 bits per heavy atom. The molecule has 3 rings (SSSR count). The molecule has 70 valence electrons. The van der Waals surface area contributed by atoms with Crippen molar-refractivity contribution in [3.63, 3.8) is 0 Å². The first-order chi connectivity index (χ1) is 6.33. The summed E-state index contributed by atoms with van der Waals surface area (Å²) < 4.78 is 0. The Bertz CT molecular complexity index is 295. The van der Waals surface area contributed by atoms with Crippen molar-refractivity contribution >= 4 is 0 Å². The van der Waals surface area contributed by atoms with Crippen molar-refractivity contribution in [2.24, 2.45) is 11.8 Å². The van der Waals surface area contributed by atoms with Crippen molar-refractivity contribution in [3.8, 4) is 0 Å². The molecule has 0 aromatic carbocycles. The van der Waals surface area contributed by atoms with Gasteiger partial charge in [0.25, 0.3) is 0 Å². The molecule has 0 aliphatic heterocycles. The third kappa shape index (κ3) is 0.854. The van der Waals surface area contributed by atoms with Crippen LogP contribution in [-0.4, -0.2) is 15.3 Å². The van der Waals surface area contributed by atoms with E-state index in [4.69, 9.17) is 0 Å². The number of fused-ring (bicyclic) bond motifs is 1. The SMILES string of the molecule is OC1(c2cn[nH]c2)C2CCCCC21. The van der Waals surface area contributed by atoms with Gasteiger partial charge in [-0.15, -0.1) is 0 Å². The van der Waals surface area contributed by atoms with Gasteiger partial charge in [0.1, 0.15) is 0 Å². The van der Waals surface area contributed by atoms with Crippen molar-refractivity contribution in [1.29, 1.82) is 0 Å². The molecule has 3 nitrogen and oxygen atoms in total. The number of nitrogens with zero attached hydrogens (tertiary/aromatic N) is 1. The van der Waals surface area contributed by atoms with Crippen LogP contribution in [-0.2, 0) is 5.60 Å². The van der Waals surface area contributed by atoms with Gasteiger partial charge < -0.3 is 5.11 Å². The van der Waals surface area contributed by atoms with Crippen molar-refractivity contribution in [2.45, 2.75) is 31.3 Å². The van der Waals surface area contributed by atoms with E-state index in [0.29, 0.717) is 11.8 Å². The van der Waals surface area contributed by atoms with Crippen molar-refractivity contribution in [2.75, 3.05) is 0 Å². The molecule has 2 atom stereocenters. The van der Waals surface area contributed by atoms with E-state index in [1.54, 1.807) is 6.20 Å². The van der Waals surface area contributed by atoms with Crippen LogP contribution >= 0.6 is 0 Å². The van der Waals surface area contributed by atoms with Crippen molar-refractivity contribution in [3.05, 3.63) is 18.0 Å². The number of nitrogens with one attached hydrogen (secondary N) is 1. The van der Waals surface area contributed by atoms with E-state index in [2.05, 4.69) is 10.2 Å². The second kappa shape index (κ2) is 2.35. The first kappa shape index (κ1) is 7.56. The van der Waals surface area contributed by atoms with E-state index in [1.807, 2.05) is 6.20 Å². The molecule has 2 unspecified atom stereocenters. The lowest BCUT2D eigenvalue weighted by molar-refractivity contribution is 0.118. The summed E-state index contributed by atoms with van der Waals surface area (Å²) in [5.74, 6) is 1.03. The lowest BCUT2D eigenvalue weighted by Crippen LogP contribution is -2.08. The zero-order valence-corrected chi connectivity index (χ0v) is 7.53. The lowest BCUT2D eigenvalue weighted by atomic mass is 10.0. The Morgan fingerprint density at radius 1 is 1.38 bits per heavy atom. The van der Waals surface area contributed by atoms with Crippen LogP contribution in [0.1, 0.15) is 31.2 Å². The summed E-state index contributed by atoms with van der Waals surface area (Å²) in [6, 6.07) is 0. The predicted octanol–water partition coefficient (Wildman–Crippen LogP) is 1.42. The van der Waals surface area contributed by atoms with Crippen LogP contribution in [0.4, 0.5) is 0 Å². The largest absolute Gasteiger partial charge is 0.384 e. The van der Waals surface area contributed by atoms with Crippen LogP contribution in [0, 0.1) is 11.8 Å². The van der Waals surface area contributed by atoms with Gasteiger partial charge in [0.15, 0.2) is 0 Å². The highest BCUT2D eigenvalue weighted by Gasteiger charge is 2.64. The molecule has 2 N–H and O–H groups in total. The number of hydrogen-bond acceptors (Lipinski definition) is 2. The van der Waals surface area contributed by atoms with Crippen LogP contribution in [0.25, 0.3) is 0 Å². The van der Waals surface area contributed by atoms with Gasteiger partial charge in [-0.25, -0.2) is 0 Å². The molecule has 3 heteroatoms. The Labute approximate surface area is 77.2 Å². The van der Waals surface area contributed by atoms with E-state index in [0.717, 1.165) is 5.56 Å². The summed E-state index contributed by atoms with van der Waals surface area (Å²) in [4.78, 5) is 0. The highest BCUT2D eigenvalue weighted by atomic mass is 16.3. The summed E-state index contributed by atoms with van der Waals surface area (Å²) in [7, 11) is 0. The summed E-state index contributed by atoms with van der Waals surface area (Å²) in [6.45, 7) is 0. The molecular weight excluding hydrogens is 164 g/mol. The van der Waals surface area contributed by atoms with Crippen molar-refractivity contribution in [1.82, 2.24) is 10.2 Å². The zero-order valence-electron chi connectivity index (χ0n) is 7.53. The van der Waals surface area contributed by atoms with E-state index in [9.17, 15) is 5.11 Å². The van der Waals surface area contributed by atoms with Crippen LogP contribution in [0.2, 0.25) is 0 Å². The zero-order chi connectivity index (χ0) is 8.89. The average Bonchev–Trinajstić information content (AvgIpc) is 2.62. The second-order valence-corrected chi connectivity index (χ2v) is 4.31. The second-order valence-electron chi connectivity index (χ2n) is 4.31. The van der Waals surface area contributed by atoms with Gasteiger partial charge >= 0.3 is 0 Å². The first-order valence-electron chi connectivity index (χ1n) is 5.05. The summed E-state index contributed by atoms with van der Waals surface area (Å²) in [5, 5.41) is 17.1. The molecule has 0 saturated heterocycles. The topological polar surface area (TPSA) is 48.9 Å². The first-order valence-corrected chi connectivity index (χ1v) is 5.05. The molecule has 13 heavy (non-hydrogen) atoms. The highest BCUT2D eigenvalue weighted by molar-refractivity contribution is 5.29. The molecule has 2 aliphatic rings. The molecule has 1 aromatic heterocycles. The molecule has 0 amide bonds. The number of aromatic amines is 1. The summed E-state index contributed by atoms with van der Waals surface area (Å²) >= 11 is 0. The molecule has 1 heterocycles. The fourth-order valence-electron chi connectivity index (χ4n) is 2.99. The minimum Gasteiger partial charge on any atom is -0.384 e. The van der Waals surface area contributed by atoms with Gasteiger partial charge in [-0.1, -0.05) is 12.8 Å². The van der Waals surface area contributed by atoms with E-state index in [-0.39, 0.29) is 0 Å². The van der Waals surface area contributed by atoms with Gasteiger partial charge in [0.05, 0.1) is 11.8 Å². The van der Waals surface area contributed by atoms with Crippen LogP contribution in [0.15, 0.2) is 12.4 Å². The smallest absolute Gasteiger partial charge is 0.0990 e. The molecule has 0 spiro atoms. The standard InChI is InChI=1S/C10H14N2O/c13-10(7-5-11-12-6-7)8-3-1-2-4-9(8)10/h5-6,8-9,13H,1-4H2,(H,11,12). The van der Waals surface area contributed by atoms with Gasteiger partial charge in [-0.3, -0.25) is 5.10 Å². The summed E-state index contributed by atoms with van der Waals surface area (Å²) in [5.41, 5.74) is 0.466. The minimum atomic E-state index is -0.524. The molecule has 2 saturated carbocycles. The van der Waals surface area contributed by atoms with E-state index in [1.165, 1.54) is 25.7 Å². The fraction of sp³-hybridized carbons (Fsp3) is 0.700. The molecular formula is C10H14N2O. The highest BCUT2D eigenvalue weighted by Crippen LogP contribution is 2.64. The van der Waals surface area contributed by atoms with E-state index >= 15 is 0 Å². The third-order valence-electron chi connectivity index (χ3n) is 3.75. The maximum absolute atomic E-state index is 10.4. The lowest BCUT2D eigenvalue weighted by Gasteiger charge is -2.05. The van der Waals surface area contributed by atoms with Gasteiger partial charge in [-0.2, -0.15) is 5.10 Å². The van der Waals surface area contributed by atoms with E-state index < -0.39 is 5.60 Å². The Hall–Kier alpha value is -0.830. The number of aliphatic hydroxyl groups is 1. The van der Waals surface area contributed by atoms with Crippen LogP contribution in [0.3, 0.4) is 0 Å². The maximum atomic E-state index is 10.4. The maximum Gasteiger partial charge on any atom is 0.0990 e. The molecule has 1 aromatic rings. The van der Waals surface area contributed by atoms with Gasteiger partial charge in [0, 0.05) is 11.8 Å². The molecule has 0 bridgehead atoms. The molecule has 0 radical (unpaired) electrons. The Balaban J connectivity index is 1.92. The number of aromatic nitrogens is 2. The number of H-pyrrole nitrogens is 1. The van der Waals surface area contributed by atoms with Crippen LogP contribution < -0.4 is 0 Å². The number of rotatable bonds is 1. The predicted molar refractivity (Wildman–Crippen MR) is 47.9 cm³/mol. The fourth-order valence-corrected chi connectivity index (χ4v) is 2.99. The van der Waals surface area contributed by atoms with Crippen molar-refractivity contribution < 1.29 is 5.11 Å². The normalized spacial score (nSPS) is 42.8. The number of hydrogen-bond donors (Lipinski definition) is 2. The van der Waals surface area contributed by atoms with Gasteiger partial charge in [-0.05, 0) is 24.7 Å².